The van der Waals surface area contributed by atoms with Crippen LogP contribution in [-0.4, -0.2) is 23.6 Å². The predicted molar refractivity (Wildman–Crippen MR) is 64.6 cm³/mol. The molecule has 2 rings (SSSR count). The lowest BCUT2D eigenvalue weighted by Crippen LogP contribution is -2.31. The number of nitrogens with zero attached hydrogens (tertiary/aromatic N) is 1. The molecule has 0 atom stereocenters. The van der Waals surface area contributed by atoms with Crippen LogP contribution in [0.1, 0.15) is 10.4 Å². The van der Waals surface area contributed by atoms with Crippen molar-refractivity contribution in [1.29, 1.82) is 0 Å². The summed E-state index contributed by atoms with van der Waals surface area (Å²) in [4.78, 5) is 24.8. The van der Waals surface area contributed by atoms with Gasteiger partial charge in [-0.1, -0.05) is 22.0 Å². The normalized spacial score (nSPS) is 14.7. The van der Waals surface area contributed by atoms with Crippen LogP contribution in [0.4, 0.5) is 5.69 Å². The Hall–Kier alpha value is -0.680. The molecule has 0 unspecified atom stereocenters. The van der Waals surface area contributed by atoms with Crippen molar-refractivity contribution >= 4 is 49.2 Å². The molecule has 78 valence electrons. The van der Waals surface area contributed by atoms with Gasteiger partial charge >= 0.3 is 0 Å². The summed E-state index contributed by atoms with van der Waals surface area (Å²) in [5.74, 6) is -0.880. The summed E-state index contributed by atoms with van der Waals surface area (Å²) in [6.45, 7) is 0.508. The van der Waals surface area contributed by atoms with Crippen molar-refractivity contribution in [3.8, 4) is 0 Å². The van der Waals surface area contributed by atoms with E-state index in [1.807, 2.05) is 6.07 Å². The molecule has 0 aromatic heterocycles. The molecule has 1 aliphatic heterocycles. The summed E-state index contributed by atoms with van der Waals surface area (Å²) in [7, 11) is 0. The van der Waals surface area contributed by atoms with E-state index in [1.165, 1.54) is 4.90 Å². The van der Waals surface area contributed by atoms with Gasteiger partial charge in [-0.25, -0.2) is 0 Å². The summed E-state index contributed by atoms with van der Waals surface area (Å²) in [6.07, 6.45) is 0. The van der Waals surface area contributed by atoms with Gasteiger partial charge in [0.15, 0.2) is 0 Å². The summed E-state index contributed by atoms with van der Waals surface area (Å²) < 4.78 is 0.676. The quantitative estimate of drug-likeness (QED) is 0.616. The van der Waals surface area contributed by atoms with Gasteiger partial charge in [0.05, 0.1) is 11.3 Å². The summed E-state index contributed by atoms with van der Waals surface area (Å²) in [6, 6.07) is 5.36. The minimum absolute atomic E-state index is 0.432. The van der Waals surface area contributed by atoms with Gasteiger partial charge in [0.1, 0.15) is 0 Å². The zero-order valence-corrected chi connectivity index (χ0v) is 10.8. The molecule has 0 spiro atoms. The second-order valence-corrected chi connectivity index (χ2v) is 4.76. The van der Waals surface area contributed by atoms with E-state index in [0.717, 1.165) is 0 Å². The first-order valence-electron chi connectivity index (χ1n) is 4.37. The van der Waals surface area contributed by atoms with Crippen LogP contribution in [-0.2, 0) is 4.79 Å². The highest BCUT2D eigenvalue weighted by Crippen LogP contribution is 2.33. The van der Waals surface area contributed by atoms with Crippen molar-refractivity contribution in [3.63, 3.8) is 0 Å². The lowest BCUT2D eigenvalue weighted by molar-refractivity contribution is -0.114. The number of hydrogen-bond donors (Lipinski definition) is 0. The number of benzene rings is 1. The summed E-state index contributed by atoms with van der Waals surface area (Å²) in [5.41, 5.74) is 1.17. The van der Waals surface area contributed by atoms with E-state index < -0.39 is 11.7 Å². The Morgan fingerprint density at radius 1 is 1.27 bits per heavy atom. The summed E-state index contributed by atoms with van der Waals surface area (Å²) >= 11 is 6.54. The van der Waals surface area contributed by atoms with E-state index in [1.54, 1.807) is 12.1 Å². The van der Waals surface area contributed by atoms with E-state index in [0.29, 0.717) is 27.6 Å². The number of rotatable bonds is 2. The Labute approximate surface area is 104 Å². The number of halogens is 2. The average Bonchev–Trinajstić information content (AvgIpc) is 2.45. The van der Waals surface area contributed by atoms with Crippen LogP contribution in [0.3, 0.4) is 0 Å². The van der Waals surface area contributed by atoms with Gasteiger partial charge in [0, 0.05) is 16.3 Å². The molecule has 0 radical (unpaired) electrons. The SMILES string of the molecule is O=C1C(=O)N(CCBr)c2cccc(Br)c21. The topological polar surface area (TPSA) is 37.4 Å². The third-order valence-electron chi connectivity index (χ3n) is 2.26. The molecular formula is C10H7Br2NO2. The predicted octanol–water partition coefficient (Wildman–Crippen LogP) is 2.37. The molecule has 1 aromatic carbocycles. The Morgan fingerprint density at radius 3 is 2.67 bits per heavy atom. The molecule has 0 N–H and O–H groups in total. The number of Topliss-reactive ketones (excluding diaryl/α,β-unsaturated/α-hetero) is 1. The van der Waals surface area contributed by atoms with Gasteiger partial charge in [-0.05, 0) is 28.1 Å². The van der Waals surface area contributed by atoms with Crippen LogP contribution in [0.15, 0.2) is 22.7 Å². The maximum atomic E-state index is 11.7. The van der Waals surface area contributed by atoms with Crippen LogP contribution in [0.25, 0.3) is 0 Å². The standard InChI is InChI=1S/C10H7Br2NO2/c11-4-5-13-7-3-1-2-6(12)8(7)9(14)10(13)15/h1-3H,4-5H2. The lowest BCUT2D eigenvalue weighted by Gasteiger charge is -2.14. The molecule has 1 aromatic rings. The molecule has 0 fully saturated rings. The molecule has 0 saturated carbocycles. The Balaban J connectivity index is 2.55. The first kappa shape index (κ1) is 10.8. The molecule has 0 saturated heterocycles. The molecule has 0 aliphatic carbocycles. The van der Waals surface area contributed by atoms with Crippen LogP contribution in [0, 0.1) is 0 Å². The molecule has 1 heterocycles. The molecule has 15 heavy (non-hydrogen) atoms. The fraction of sp³-hybridized carbons (Fsp3) is 0.200. The number of carbonyl (C=O) groups is 2. The largest absolute Gasteiger partial charge is 0.304 e. The van der Waals surface area contributed by atoms with Crippen molar-refractivity contribution in [1.82, 2.24) is 0 Å². The minimum atomic E-state index is -0.448. The summed E-state index contributed by atoms with van der Waals surface area (Å²) in [5, 5.41) is 0.651. The van der Waals surface area contributed by atoms with E-state index >= 15 is 0 Å². The maximum Gasteiger partial charge on any atom is 0.299 e. The van der Waals surface area contributed by atoms with E-state index in [-0.39, 0.29) is 0 Å². The molecule has 1 aliphatic rings. The van der Waals surface area contributed by atoms with Gasteiger partial charge < -0.3 is 4.90 Å². The lowest BCUT2D eigenvalue weighted by atomic mass is 10.1. The van der Waals surface area contributed by atoms with Crippen molar-refractivity contribution in [3.05, 3.63) is 28.2 Å². The average molecular weight is 333 g/mol. The minimum Gasteiger partial charge on any atom is -0.304 e. The fourth-order valence-electron chi connectivity index (χ4n) is 1.61. The maximum absolute atomic E-state index is 11.7. The van der Waals surface area contributed by atoms with E-state index in [9.17, 15) is 9.59 Å². The zero-order chi connectivity index (χ0) is 11.0. The Morgan fingerprint density at radius 2 is 2.00 bits per heavy atom. The highest BCUT2D eigenvalue weighted by atomic mass is 79.9. The highest BCUT2D eigenvalue weighted by molar-refractivity contribution is 9.10. The number of anilines is 1. The van der Waals surface area contributed by atoms with Crippen LogP contribution in [0.2, 0.25) is 0 Å². The van der Waals surface area contributed by atoms with Gasteiger partial charge in [-0.2, -0.15) is 0 Å². The number of ketones is 1. The first-order valence-corrected chi connectivity index (χ1v) is 6.29. The fourth-order valence-corrected chi connectivity index (χ4v) is 2.50. The first-order chi connectivity index (χ1) is 7.16. The second-order valence-electron chi connectivity index (χ2n) is 3.11. The Bertz CT molecular complexity index is 445. The number of amides is 1. The van der Waals surface area contributed by atoms with E-state index in [4.69, 9.17) is 0 Å². The smallest absolute Gasteiger partial charge is 0.299 e. The number of fused-ring (bicyclic) bond motifs is 1. The van der Waals surface area contributed by atoms with Gasteiger partial charge in [-0.15, -0.1) is 0 Å². The van der Waals surface area contributed by atoms with Gasteiger partial charge in [-0.3, -0.25) is 9.59 Å². The van der Waals surface area contributed by atoms with Crippen molar-refractivity contribution in [2.75, 3.05) is 16.8 Å². The van der Waals surface area contributed by atoms with Gasteiger partial charge in [0.2, 0.25) is 0 Å². The van der Waals surface area contributed by atoms with E-state index in [2.05, 4.69) is 31.9 Å². The molecular weight excluding hydrogens is 326 g/mol. The monoisotopic (exact) mass is 331 g/mol. The van der Waals surface area contributed by atoms with Crippen molar-refractivity contribution in [2.24, 2.45) is 0 Å². The molecule has 1 amide bonds. The third-order valence-corrected chi connectivity index (χ3v) is 3.27. The number of carbonyl (C=O) groups excluding carboxylic acids is 2. The van der Waals surface area contributed by atoms with Gasteiger partial charge in [0.25, 0.3) is 11.7 Å². The second kappa shape index (κ2) is 4.06. The van der Waals surface area contributed by atoms with Crippen molar-refractivity contribution < 1.29 is 9.59 Å². The Kier molecular flexibility index (Phi) is 2.93. The number of alkyl halides is 1. The molecule has 3 nitrogen and oxygen atoms in total. The molecule has 5 heteroatoms. The van der Waals surface area contributed by atoms with Crippen LogP contribution < -0.4 is 4.90 Å². The third kappa shape index (κ3) is 1.63. The zero-order valence-electron chi connectivity index (χ0n) is 7.67. The molecule has 0 bridgehead atoms. The number of hydrogen-bond acceptors (Lipinski definition) is 2. The highest BCUT2D eigenvalue weighted by Gasteiger charge is 2.36. The van der Waals surface area contributed by atoms with Crippen LogP contribution >= 0.6 is 31.9 Å². The van der Waals surface area contributed by atoms with Crippen molar-refractivity contribution in [2.45, 2.75) is 0 Å². The van der Waals surface area contributed by atoms with Crippen LogP contribution in [0.5, 0.6) is 0 Å².